The minimum absolute atomic E-state index is 0.00578. The Balaban J connectivity index is 1.91. The Morgan fingerprint density at radius 2 is 1.89 bits per heavy atom. The highest BCUT2D eigenvalue weighted by atomic mass is 32.1. The van der Waals surface area contributed by atoms with E-state index in [1.165, 1.54) is 10.4 Å². The van der Waals surface area contributed by atoms with E-state index in [4.69, 9.17) is 4.74 Å². The van der Waals surface area contributed by atoms with Crippen molar-refractivity contribution in [1.29, 1.82) is 0 Å². The summed E-state index contributed by atoms with van der Waals surface area (Å²) in [5.74, 6) is 0.0861. The van der Waals surface area contributed by atoms with Crippen LogP contribution in [-0.4, -0.2) is 18.5 Å². The van der Waals surface area contributed by atoms with Crippen LogP contribution in [0.15, 0.2) is 30.3 Å². The van der Waals surface area contributed by atoms with Crippen molar-refractivity contribution in [3.05, 3.63) is 51.9 Å². The number of thiophene rings is 1. The lowest BCUT2D eigenvalue weighted by molar-refractivity contribution is -0.120. The van der Waals surface area contributed by atoms with Crippen molar-refractivity contribution in [3.63, 3.8) is 0 Å². The normalized spacial score (nSPS) is 15.9. The predicted octanol–water partition coefficient (Wildman–Crippen LogP) is 5.57. The molecule has 0 spiro atoms. The van der Waals surface area contributed by atoms with Crippen molar-refractivity contribution in [1.82, 2.24) is 0 Å². The molecule has 4 nitrogen and oxygen atoms in total. The molecular weight excluding hydrogens is 370 g/mol. The van der Waals surface area contributed by atoms with E-state index in [0.717, 1.165) is 37.7 Å². The maximum Gasteiger partial charge on any atom is 0.341 e. The Kier molecular flexibility index (Phi) is 6.89. The van der Waals surface area contributed by atoms with Gasteiger partial charge in [0.05, 0.1) is 12.2 Å². The van der Waals surface area contributed by atoms with E-state index in [-0.39, 0.29) is 17.8 Å². The summed E-state index contributed by atoms with van der Waals surface area (Å²) in [5, 5.41) is 3.70. The fourth-order valence-electron chi connectivity index (χ4n) is 3.98. The molecule has 0 saturated heterocycles. The van der Waals surface area contributed by atoms with E-state index in [1.807, 2.05) is 26.8 Å². The van der Waals surface area contributed by atoms with E-state index in [0.29, 0.717) is 23.1 Å². The second kappa shape index (κ2) is 9.37. The van der Waals surface area contributed by atoms with Gasteiger partial charge in [-0.1, -0.05) is 44.2 Å². The van der Waals surface area contributed by atoms with Crippen LogP contribution in [0.3, 0.4) is 0 Å². The number of anilines is 1. The molecule has 1 aliphatic carbocycles. The number of ether oxygens (including phenoxy) is 1. The van der Waals surface area contributed by atoms with Crippen LogP contribution in [0.4, 0.5) is 5.00 Å². The van der Waals surface area contributed by atoms with E-state index < -0.39 is 0 Å². The molecule has 1 atom stereocenters. The van der Waals surface area contributed by atoms with Gasteiger partial charge in [0.2, 0.25) is 5.91 Å². The number of esters is 1. The lowest BCUT2D eigenvalue weighted by atomic mass is 9.83. The number of carbonyl (C=O) groups excluding carboxylic acids is 2. The zero-order valence-electron chi connectivity index (χ0n) is 16.9. The molecule has 0 radical (unpaired) electrons. The van der Waals surface area contributed by atoms with Gasteiger partial charge in [0.25, 0.3) is 0 Å². The lowest BCUT2D eigenvalue weighted by Gasteiger charge is -2.23. The largest absolute Gasteiger partial charge is 0.462 e. The highest BCUT2D eigenvalue weighted by Gasteiger charge is 2.31. The minimum atomic E-state index is -0.321. The molecule has 3 rings (SSSR count). The predicted molar refractivity (Wildman–Crippen MR) is 114 cm³/mol. The van der Waals surface area contributed by atoms with Gasteiger partial charge in [0, 0.05) is 10.8 Å². The molecule has 1 N–H and O–H groups in total. The van der Waals surface area contributed by atoms with E-state index in [1.54, 1.807) is 11.3 Å². The quantitative estimate of drug-likeness (QED) is 0.619. The van der Waals surface area contributed by atoms with Crippen LogP contribution < -0.4 is 5.32 Å². The van der Waals surface area contributed by atoms with Crippen molar-refractivity contribution in [2.45, 2.75) is 58.8 Å². The number of nitrogens with one attached hydrogen (secondary N) is 1. The summed E-state index contributed by atoms with van der Waals surface area (Å²) < 4.78 is 5.32. The van der Waals surface area contributed by atoms with Gasteiger partial charge in [-0.25, -0.2) is 4.79 Å². The van der Waals surface area contributed by atoms with Crippen LogP contribution in [0.5, 0.6) is 0 Å². The fourth-order valence-corrected chi connectivity index (χ4v) is 5.29. The van der Waals surface area contributed by atoms with Crippen LogP contribution in [0.2, 0.25) is 0 Å². The number of hydrogen-bond donors (Lipinski definition) is 1. The third-order valence-corrected chi connectivity index (χ3v) is 6.78. The molecule has 1 aromatic heterocycles. The first-order chi connectivity index (χ1) is 13.6. The molecule has 2 aromatic rings. The molecule has 0 saturated carbocycles. The smallest absolute Gasteiger partial charge is 0.341 e. The molecule has 1 aromatic carbocycles. The van der Waals surface area contributed by atoms with Gasteiger partial charge < -0.3 is 10.1 Å². The van der Waals surface area contributed by atoms with Crippen LogP contribution in [0, 0.1) is 5.92 Å². The number of benzene rings is 1. The van der Waals surface area contributed by atoms with Crippen molar-refractivity contribution < 1.29 is 14.3 Å². The van der Waals surface area contributed by atoms with Gasteiger partial charge in [0.15, 0.2) is 0 Å². The molecular formula is C23H29NO3S. The minimum Gasteiger partial charge on any atom is -0.462 e. The zero-order chi connectivity index (χ0) is 20.1. The summed E-state index contributed by atoms with van der Waals surface area (Å²) in [7, 11) is 0. The first kappa shape index (κ1) is 20.6. The third kappa shape index (κ3) is 4.30. The molecule has 1 heterocycles. The van der Waals surface area contributed by atoms with Crippen LogP contribution in [-0.2, 0) is 22.4 Å². The summed E-state index contributed by atoms with van der Waals surface area (Å²) in [6.45, 7) is 6.18. The summed E-state index contributed by atoms with van der Waals surface area (Å²) in [4.78, 5) is 26.5. The topological polar surface area (TPSA) is 55.4 Å². The highest BCUT2D eigenvalue weighted by molar-refractivity contribution is 7.17. The summed E-state index contributed by atoms with van der Waals surface area (Å²) >= 11 is 1.55. The molecule has 150 valence electrons. The number of carbonyl (C=O) groups is 2. The van der Waals surface area contributed by atoms with Gasteiger partial charge >= 0.3 is 5.97 Å². The Morgan fingerprint density at radius 1 is 1.18 bits per heavy atom. The fraction of sp³-hybridized carbons (Fsp3) is 0.478. The third-order valence-electron chi connectivity index (χ3n) is 5.61. The van der Waals surface area contributed by atoms with Gasteiger partial charge in [-0.15, -0.1) is 11.3 Å². The number of fused-ring (bicyclic) bond motifs is 1. The number of rotatable bonds is 7. The van der Waals surface area contributed by atoms with Crippen LogP contribution >= 0.6 is 11.3 Å². The maximum atomic E-state index is 12.7. The number of hydrogen-bond acceptors (Lipinski definition) is 4. The first-order valence-corrected chi connectivity index (χ1v) is 11.1. The lowest BCUT2D eigenvalue weighted by Crippen LogP contribution is -2.22. The van der Waals surface area contributed by atoms with Gasteiger partial charge in [-0.05, 0) is 56.1 Å². The Hall–Kier alpha value is -2.14. The molecule has 1 unspecified atom stereocenters. The Bertz CT molecular complexity index is 824. The van der Waals surface area contributed by atoms with E-state index in [2.05, 4.69) is 29.6 Å². The maximum absolute atomic E-state index is 12.7. The molecule has 0 fully saturated rings. The van der Waals surface area contributed by atoms with Gasteiger partial charge in [-0.2, -0.15) is 0 Å². The average molecular weight is 400 g/mol. The summed E-state index contributed by atoms with van der Waals surface area (Å²) in [5.41, 5.74) is 2.98. The SMILES string of the molecule is CCOC(=O)c1c(NC(=O)C(CC)CC)sc2c1CCC(c1ccccc1)C2. The Labute approximate surface area is 171 Å². The highest BCUT2D eigenvalue weighted by Crippen LogP contribution is 2.43. The molecule has 0 bridgehead atoms. The standard InChI is InChI=1S/C23H29NO3S/c1-4-15(5-2)21(25)24-22-20(23(26)27-6-3)18-13-12-17(14-19(18)28-22)16-10-8-7-9-11-16/h7-11,15,17H,4-6,12-14H2,1-3H3,(H,24,25). The second-order valence-corrected chi connectivity index (χ2v) is 8.39. The van der Waals surface area contributed by atoms with Crippen molar-refractivity contribution >= 4 is 28.2 Å². The van der Waals surface area contributed by atoms with Crippen molar-refractivity contribution in [2.24, 2.45) is 5.92 Å². The molecule has 1 aliphatic rings. The monoisotopic (exact) mass is 399 g/mol. The molecule has 1 amide bonds. The van der Waals surface area contributed by atoms with Gasteiger partial charge in [-0.3, -0.25) is 4.79 Å². The Morgan fingerprint density at radius 3 is 2.54 bits per heavy atom. The molecule has 0 aliphatic heterocycles. The average Bonchev–Trinajstić information content (AvgIpc) is 3.06. The van der Waals surface area contributed by atoms with Crippen molar-refractivity contribution in [3.8, 4) is 0 Å². The van der Waals surface area contributed by atoms with Crippen LogP contribution in [0.1, 0.15) is 72.3 Å². The first-order valence-electron chi connectivity index (χ1n) is 10.3. The number of amides is 1. The molecule has 5 heteroatoms. The molecule has 28 heavy (non-hydrogen) atoms. The van der Waals surface area contributed by atoms with Crippen molar-refractivity contribution in [2.75, 3.05) is 11.9 Å². The second-order valence-electron chi connectivity index (χ2n) is 7.28. The zero-order valence-corrected chi connectivity index (χ0v) is 17.7. The van der Waals surface area contributed by atoms with Crippen LogP contribution in [0.25, 0.3) is 0 Å². The summed E-state index contributed by atoms with van der Waals surface area (Å²) in [6, 6.07) is 10.5. The summed E-state index contributed by atoms with van der Waals surface area (Å²) in [6.07, 6.45) is 4.31. The van der Waals surface area contributed by atoms with E-state index >= 15 is 0 Å². The van der Waals surface area contributed by atoms with Gasteiger partial charge in [0.1, 0.15) is 5.00 Å². The van der Waals surface area contributed by atoms with E-state index in [9.17, 15) is 9.59 Å².